The fourth-order valence-electron chi connectivity index (χ4n) is 2.44. The van der Waals surface area contributed by atoms with Gasteiger partial charge in [-0.25, -0.2) is 4.79 Å². The number of benzene rings is 3. The fraction of sp³-hybridized carbons (Fsp3) is 0. The highest BCUT2D eigenvalue weighted by Crippen LogP contribution is 2.29. The lowest BCUT2D eigenvalue weighted by atomic mass is 10.1. The maximum atomic E-state index is 12.4. The summed E-state index contributed by atoms with van der Waals surface area (Å²) >= 11 is 6.71. The Balaban J connectivity index is 1.77. The molecule has 0 aliphatic carbocycles. The highest BCUT2D eigenvalue weighted by molar-refractivity contribution is 9.10. The monoisotopic (exact) mass is 515 g/mol. The number of carboxylic acid groups (broad SMARTS) is 1. The molecule has 0 unspecified atom stereocenters. The first-order valence-electron chi connectivity index (χ1n) is 8.47. The van der Waals surface area contributed by atoms with Gasteiger partial charge >= 0.3 is 5.97 Å². The molecule has 3 aromatic carbocycles. The minimum absolute atomic E-state index is 0.231. The Labute approximate surface area is 184 Å². The van der Waals surface area contributed by atoms with Crippen LogP contribution in [0.15, 0.2) is 87.4 Å². The van der Waals surface area contributed by atoms with E-state index in [2.05, 4.69) is 37.2 Å². The van der Waals surface area contributed by atoms with Crippen molar-refractivity contribution in [2.45, 2.75) is 0 Å². The van der Waals surface area contributed by atoms with Crippen LogP contribution >= 0.6 is 31.9 Å². The first-order valence-corrected chi connectivity index (χ1v) is 10.1. The van der Waals surface area contributed by atoms with Gasteiger partial charge in [0.05, 0.1) is 10.0 Å². The van der Waals surface area contributed by atoms with E-state index in [4.69, 9.17) is 4.74 Å². The molecule has 5 nitrogen and oxygen atoms in total. The summed E-state index contributed by atoms with van der Waals surface area (Å²) < 4.78 is 7.20. The Morgan fingerprint density at radius 2 is 1.48 bits per heavy atom. The average Bonchev–Trinajstić information content (AvgIpc) is 2.70. The molecule has 0 bridgehead atoms. The molecule has 2 N–H and O–H groups in total. The quantitative estimate of drug-likeness (QED) is 0.402. The highest BCUT2D eigenvalue weighted by atomic mass is 79.9. The first kappa shape index (κ1) is 20.8. The van der Waals surface area contributed by atoms with Crippen molar-refractivity contribution in [2.75, 3.05) is 0 Å². The lowest BCUT2D eigenvalue weighted by Crippen LogP contribution is -2.27. The molecule has 29 heavy (non-hydrogen) atoms. The number of aliphatic carboxylic acids is 1. The maximum absolute atomic E-state index is 12.4. The molecule has 0 heterocycles. The molecule has 3 rings (SSSR count). The molecule has 146 valence electrons. The Morgan fingerprint density at radius 1 is 0.862 bits per heavy atom. The van der Waals surface area contributed by atoms with Gasteiger partial charge < -0.3 is 15.2 Å². The lowest BCUT2D eigenvalue weighted by Gasteiger charge is -2.09. The zero-order valence-corrected chi connectivity index (χ0v) is 18.1. The summed E-state index contributed by atoms with van der Waals surface area (Å²) in [5.74, 6) is -0.482. The van der Waals surface area contributed by atoms with Crippen molar-refractivity contribution in [3.63, 3.8) is 0 Å². The molecule has 0 fully saturated rings. The standard InChI is InChI=1S/C22H15Br2NO4/c23-17-6-2-1-5-16(17)21(26)25-19(22(27)28)13-14-9-11-15(12-10-14)29-20-8-4-3-7-18(20)24/h1-13H,(H,25,26)(H,27,28)/b19-13-. The number of ether oxygens (including phenoxy) is 1. The van der Waals surface area contributed by atoms with Gasteiger partial charge in [0.25, 0.3) is 5.91 Å². The summed E-state index contributed by atoms with van der Waals surface area (Å²) in [6.45, 7) is 0. The van der Waals surface area contributed by atoms with Crippen LogP contribution in [0.5, 0.6) is 11.5 Å². The number of amides is 1. The van der Waals surface area contributed by atoms with Gasteiger partial charge in [0.2, 0.25) is 0 Å². The fourth-order valence-corrected chi connectivity index (χ4v) is 3.27. The van der Waals surface area contributed by atoms with Crippen molar-refractivity contribution >= 4 is 49.8 Å². The number of hydrogen-bond acceptors (Lipinski definition) is 3. The van der Waals surface area contributed by atoms with Crippen LogP contribution in [0.4, 0.5) is 0 Å². The third kappa shape index (κ3) is 5.56. The maximum Gasteiger partial charge on any atom is 0.352 e. The summed E-state index contributed by atoms with van der Waals surface area (Å²) in [6.07, 6.45) is 1.39. The summed E-state index contributed by atoms with van der Waals surface area (Å²) in [4.78, 5) is 24.0. The molecule has 7 heteroatoms. The van der Waals surface area contributed by atoms with Crippen molar-refractivity contribution in [3.8, 4) is 11.5 Å². The van der Waals surface area contributed by atoms with E-state index in [0.717, 1.165) is 4.47 Å². The summed E-state index contributed by atoms with van der Waals surface area (Å²) in [5, 5.41) is 11.9. The Kier molecular flexibility index (Phi) is 6.85. The second-order valence-electron chi connectivity index (χ2n) is 5.90. The van der Waals surface area contributed by atoms with Crippen molar-refractivity contribution < 1.29 is 19.4 Å². The summed E-state index contributed by atoms with van der Waals surface area (Å²) in [7, 11) is 0. The molecule has 0 radical (unpaired) electrons. The third-order valence-corrected chi connectivity index (χ3v) is 5.20. The molecule has 0 aromatic heterocycles. The van der Waals surface area contributed by atoms with Gasteiger partial charge in [0.15, 0.2) is 0 Å². The topological polar surface area (TPSA) is 75.6 Å². The molecular formula is C22H15Br2NO4. The summed E-state index contributed by atoms with van der Waals surface area (Å²) in [6, 6.07) is 21.1. The van der Waals surface area contributed by atoms with Gasteiger partial charge in [0, 0.05) is 4.47 Å². The van der Waals surface area contributed by atoms with E-state index >= 15 is 0 Å². The molecule has 0 aliphatic heterocycles. The molecule has 0 aliphatic rings. The number of carbonyl (C=O) groups is 2. The van der Waals surface area contributed by atoms with Crippen molar-refractivity contribution in [1.82, 2.24) is 5.32 Å². The second-order valence-corrected chi connectivity index (χ2v) is 7.61. The van der Waals surface area contributed by atoms with Crippen molar-refractivity contribution in [3.05, 3.63) is 98.6 Å². The minimum Gasteiger partial charge on any atom is -0.477 e. The number of carbonyl (C=O) groups excluding carboxylic acids is 1. The number of nitrogens with one attached hydrogen (secondary N) is 1. The summed E-state index contributed by atoms with van der Waals surface area (Å²) in [5.41, 5.74) is 0.719. The largest absolute Gasteiger partial charge is 0.477 e. The van der Waals surface area contributed by atoms with E-state index in [1.807, 2.05) is 24.3 Å². The smallest absolute Gasteiger partial charge is 0.352 e. The van der Waals surface area contributed by atoms with E-state index in [1.54, 1.807) is 48.5 Å². The van der Waals surface area contributed by atoms with Crippen LogP contribution in [0.1, 0.15) is 15.9 Å². The minimum atomic E-state index is -1.24. The highest BCUT2D eigenvalue weighted by Gasteiger charge is 2.15. The zero-order valence-electron chi connectivity index (χ0n) is 14.9. The van der Waals surface area contributed by atoms with Crippen LogP contribution in [0.2, 0.25) is 0 Å². The molecule has 0 saturated carbocycles. The zero-order chi connectivity index (χ0) is 20.8. The lowest BCUT2D eigenvalue weighted by molar-refractivity contribution is -0.132. The first-order chi connectivity index (χ1) is 13.9. The van der Waals surface area contributed by atoms with Crippen LogP contribution in [0.25, 0.3) is 6.08 Å². The van der Waals surface area contributed by atoms with Gasteiger partial charge in [-0.2, -0.15) is 0 Å². The molecule has 0 spiro atoms. The van der Waals surface area contributed by atoms with Crippen molar-refractivity contribution in [2.24, 2.45) is 0 Å². The van der Waals surface area contributed by atoms with E-state index in [9.17, 15) is 14.7 Å². The van der Waals surface area contributed by atoms with E-state index in [0.29, 0.717) is 27.1 Å². The van der Waals surface area contributed by atoms with Gasteiger partial charge in [-0.15, -0.1) is 0 Å². The number of rotatable bonds is 6. The predicted molar refractivity (Wildman–Crippen MR) is 118 cm³/mol. The SMILES string of the molecule is O=C(O)/C(=C/c1ccc(Oc2ccccc2Br)cc1)NC(=O)c1ccccc1Br. The van der Waals surface area contributed by atoms with Crippen LogP contribution in [-0.4, -0.2) is 17.0 Å². The van der Waals surface area contributed by atoms with Gasteiger partial charge in [0.1, 0.15) is 17.2 Å². The Morgan fingerprint density at radius 3 is 2.10 bits per heavy atom. The van der Waals surface area contributed by atoms with Crippen LogP contribution in [0.3, 0.4) is 0 Å². The number of para-hydroxylation sites is 1. The van der Waals surface area contributed by atoms with Gasteiger partial charge in [-0.05, 0) is 79.9 Å². The second kappa shape index (κ2) is 9.54. The molecular weight excluding hydrogens is 502 g/mol. The van der Waals surface area contributed by atoms with E-state index in [-0.39, 0.29) is 5.70 Å². The molecule has 0 atom stereocenters. The van der Waals surface area contributed by atoms with Gasteiger partial charge in [-0.3, -0.25) is 4.79 Å². The van der Waals surface area contributed by atoms with Crippen LogP contribution < -0.4 is 10.1 Å². The van der Waals surface area contributed by atoms with E-state index in [1.165, 1.54) is 6.08 Å². The van der Waals surface area contributed by atoms with E-state index < -0.39 is 11.9 Å². The number of hydrogen-bond donors (Lipinski definition) is 2. The molecule has 1 amide bonds. The molecule has 3 aromatic rings. The number of halogens is 2. The molecule has 0 saturated heterocycles. The van der Waals surface area contributed by atoms with Crippen LogP contribution in [-0.2, 0) is 4.79 Å². The third-order valence-electron chi connectivity index (χ3n) is 3.85. The Hall–Kier alpha value is -2.90. The average molecular weight is 517 g/mol. The van der Waals surface area contributed by atoms with Crippen LogP contribution in [0, 0.1) is 0 Å². The predicted octanol–water partition coefficient (Wildman–Crippen LogP) is 5.86. The Bertz CT molecular complexity index is 1080. The van der Waals surface area contributed by atoms with Crippen molar-refractivity contribution in [1.29, 1.82) is 0 Å². The normalized spacial score (nSPS) is 11.0. The number of carboxylic acids is 1. The van der Waals surface area contributed by atoms with Gasteiger partial charge in [-0.1, -0.05) is 36.4 Å².